The van der Waals surface area contributed by atoms with Gasteiger partial charge in [0, 0.05) is 25.1 Å². The normalized spacial score (nSPS) is 26.0. The third-order valence-electron chi connectivity index (χ3n) is 5.41. The van der Waals surface area contributed by atoms with E-state index in [2.05, 4.69) is 15.5 Å². The predicted octanol–water partition coefficient (Wildman–Crippen LogP) is 0.112. The standard InChI is InChI=1S/C19H21N5O5S2/c1-23-10-20-22-18(23)31-9-19(17(28)29)7-24-15(27)12(16(24)30-8-19)21-14(26)13(25)11-5-3-2-4-6-11/h2-6,10,12-13,16,25H,7-9H2,1H3,(H,21,26)(H,28,29)/t12?,13?,16-,19?/m1/s1. The van der Waals surface area contributed by atoms with Gasteiger partial charge in [-0.1, -0.05) is 42.1 Å². The number of aliphatic carboxylic acids is 1. The summed E-state index contributed by atoms with van der Waals surface area (Å²) < 4.78 is 1.71. The summed E-state index contributed by atoms with van der Waals surface area (Å²) in [7, 11) is 1.78. The Bertz CT molecular complexity index is 1000. The summed E-state index contributed by atoms with van der Waals surface area (Å²) >= 11 is 2.61. The molecule has 3 N–H and O–H groups in total. The van der Waals surface area contributed by atoms with Gasteiger partial charge in [0.2, 0.25) is 5.91 Å². The molecular formula is C19H21N5O5S2. The van der Waals surface area contributed by atoms with Crippen LogP contribution in [0.5, 0.6) is 0 Å². The lowest BCUT2D eigenvalue weighted by molar-refractivity contribution is -0.158. The van der Waals surface area contributed by atoms with Crippen molar-refractivity contribution < 1.29 is 24.6 Å². The molecule has 2 aliphatic heterocycles. The molecule has 1 aromatic carbocycles. The summed E-state index contributed by atoms with van der Waals surface area (Å²) in [6.07, 6.45) is 0.162. The quantitative estimate of drug-likeness (QED) is 0.386. The number of nitrogens with one attached hydrogen (secondary N) is 1. The van der Waals surface area contributed by atoms with Crippen molar-refractivity contribution in [1.82, 2.24) is 25.0 Å². The molecule has 0 spiro atoms. The molecule has 0 saturated carbocycles. The number of benzene rings is 1. The van der Waals surface area contributed by atoms with Crippen LogP contribution in [0, 0.1) is 5.41 Å². The highest BCUT2D eigenvalue weighted by Gasteiger charge is 2.57. The molecule has 2 aliphatic rings. The second-order valence-corrected chi connectivity index (χ2v) is 9.61. The van der Waals surface area contributed by atoms with Crippen LogP contribution >= 0.6 is 23.5 Å². The van der Waals surface area contributed by atoms with E-state index < -0.39 is 29.4 Å². The summed E-state index contributed by atoms with van der Waals surface area (Å²) in [4.78, 5) is 38.7. The molecule has 31 heavy (non-hydrogen) atoms. The van der Waals surface area contributed by atoms with Gasteiger partial charge < -0.3 is 25.0 Å². The molecule has 0 radical (unpaired) electrons. The third-order valence-corrected chi connectivity index (χ3v) is 8.32. The van der Waals surface area contributed by atoms with E-state index in [4.69, 9.17) is 0 Å². The van der Waals surface area contributed by atoms with Crippen LogP contribution in [0.2, 0.25) is 0 Å². The van der Waals surface area contributed by atoms with Crippen molar-refractivity contribution in [2.24, 2.45) is 12.5 Å². The van der Waals surface area contributed by atoms with Gasteiger partial charge in [-0.2, -0.15) is 0 Å². The maximum atomic E-state index is 12.7. The highest BCUT2D eigenvalue weighted by molar-refractivity contribution is 8.00. The molecule has 0 bridgehead atoms. The minimum Gasteiger partial charge on any atom is -0.481 e. The smallest absolute Gasteiger partial charge is 0.313 e. The highest BCUT2D eigenvalue weighted by atomic mass is 32.2. The summed E-state index contributed by atoms with van der Waals surface area (Å²) in [5, 5.41) is 30.7. The Morgan fingerprint density at radius 3 is 2.77 bits per heavy atom. The minimum absolute atomic E-state index is 0.0529. The Kier molecular flexibility index (Phi) is 5.95. The first-order valence-corrected chi connectivity index (χ1v) is 11.5. The summed E-state index contributed by atoms with van der Waals surface area (Å²) in [5.41, 5.74) is -0.697. The number of carbonyl (C=O) groups is 3. The first-order chi connectivity index (χ1) is 14.8. The number of hydrogen-bond acceptors (Lipinski definition) is 8. The number of fused-ring (bicyclic) bond motifs is 1. The van der Waals surface area contributed by atoms with E-state index in [9.17, 15) is 24.6 Å². The van der Waals surface area contributed by atoms with Crippen molar-refractivity contribution in [1.29, 1.82) is 0 Å². The Labute approximate surface area is 186 Å². The molecule has 2 fully saturated rings. The number of thioether (sulfide) groups is 2. The molecular weight excluding hydrogens is 442 g/mol. The molecule has 2 amide bonds. The van der Waals surface area contributed by atoms with Gasteiger partial charge in [0.05, 0.1) is 0 Å². The van der Waals surface area contributed by atoms with Crippen molar-refractivity contribution in [2.75, 3.05) is 18.1 Å². The molecule has 2 saturated heterocycles. The Balaban J connectivity index is 1.39. The van der Waals surface area contributed by atoms with Crippen molar-refractivity contribution >= 4 is 41.3 Å². The van der Waals surface area contributed by atoms with Crippen LogP contribution in [-0.2, 0) is 21.4 Å². The predicted molar refractivity (Wildman–Crippen MR) is 113 cm³/mol. The van der Waals surface area contributed by atoms with Gasteiger partial charge in [-0.15, -0.1) is 22.0 Å². The van der Waals surface area contributed by atoms with E-state index in [1.807, 2.05) is 0 Å². The van der Waals surface area contributed by atoms with Crippen LogP contribution < -0.4 is 5.32 Å². The summed E-state index contributed by atoms with van der Waals surface area (Å²) in [6, 6.07) is 7.67. The lowest BCUT2D eigenvalue weighted by atomic mass is 9.89. The van der Waals surface area contributed by atoms with Gasteiger partial charge in [0.25, 0.3) is 5.91 Å². The van der Waals surface area contributed by atoms with Crippen LogP contribution in [0.25, 0.3) is 0 Å². The first-order valence-electron chi connectivity index (χ1n) is 9.48. The number of nitrogens with zero attached hydrogens (tertiary/aromatic N) is 4. The summed E-state index contributed by atoms with van der Waals surface area (Å²) in [5.74, 6) is -1.46. The number of aliphatic hydroxyl groups excluding tert-OH is 1. The van der Waals surface area contributed by atoms with E-state index in [-0.39, 0.29) is 29.3 Å². The zero-order chi connectivity index (χ0) is 22.2. The number of rotatable bonds is 7. The number of β-lactam (4-membered cyclic amide) rings is 1. The van der Waals surface area contributed by atoms with E-state index in [0.717, 1.165) is 0 Å². The fourth-order valence-electron chi connectivity index (χ4n) is 3.53. The maximum absolute atomic E-state index is 12.7. The number of carbonyl (C=O) groups excluding carboxylic acids is 2. The third kappa shape index (κ3) is 4.02. The minimum atomic E-state index is -1.38. The van der Waals surface area contributed by atoms with Gasteiger partial charge in [-0.3, -0.25) is 14.4 Å². The first kappa shape index (κ1) is 21.7. The van der Waals surface area contributed by atoms with E-state index in [1.54, 1.807) is 41.9 Å². The van der Waals surface area contributed by atoms with Crippen LogP contribution in [-0.4, -0.2) is 77.1 Å². The SMILES string of the molecule is Cn1cnnc1SCC1(C(=O)O)CS[C@@H]2C(NC(=O)C(O)c3ccccc3)C(=O)N2C1. The molecule has 164 valence electrons. The second-order valence-electron chi connectivity index (χ2n) is 7.57. The number of hydrogen-bond donors (Lipinski definition) is 3. The van der Waals surface area contributed by atoms with Crippen LogP contribution in [0.3, 0.4) is 0 Å². The van der Waals surface area contributed by atoms with Crippen molar-refractivity contribution in [3.8, 4) is 0 Å². The monoisotopic (exact) mass is 463 g/mol. The molecule has 4 atom stereocenters. The number of aryl methyl sites for hydroxylation is 1. The fraction of sp³-hybridized carbons (Fsp3) is 0.421. The Morgan fingerprint density at radius 2 is 2.13 bits per heavy atom. The van der Waals surface area contributed by atoms with E-state index in [1.165, 1.54) is 34.8 Å². The number of carboxylic acid groups (broad SMARTS) is 1. The average Bonchev–Trinajstić information content (AvgIpc) is 3.20. The molecule has 1 aromatic heterocycles. The van der Waals surface area contributed by atoms with Gasteiger partial charge in [-0.25, -0.2) is 0 Å². The van der Waals surface area contributed by atoms with Crippen molar-refractivity contribution in [3.05, 3.63) is 42.2 Å². The van der Waals surface area contributed by atoms with E-state index in [0.29, 0.717) is 10.7 Å². The molecule has 4 rings (SSSR count). The lowest BCUT2D eigenvalue weighted by Gasteiger charge is -2.53. The van der Waals surface area contributed by atoms with Gasteiger partial charge in [0.15, 0.2) is 11.3 Å². The van der Waals surface area contributed by atoms with Crippen LogP contribution in [0.4, 0.5) is 0 Å². The molecule has 0 aliphatic carbocycles. The molecule has 2 aromatic rings. The molecule has 10 nitrogen and oxygen atoms in total. The van der Waals surface area contributed by atoms with Crippen LogP contribution in [0.1, 0.15) is 11.7 Å². The number of aliphatic hydroxyl groups is 1. The Hall–Kier alpha value is -2.57. The van der Waals surface area contributed by atoms with Gasteiger partial charge >= 0.3 is 5.97 Å². The summed E-state index contributed by atoms with van der Waals surface area (Å²) in [6.45, 7) is 0.0529. The fourth-order valence-corrected chi connectivity index (χ4v) is 6.28. The van der Waals surface area contributed by atoms with Crippen molar-refractivity contribution in [2.45, 2.75) is 22.7 Å². The average molecular weight is 464 g/mol. The highest BCUT2D eigenvalue weighted by Crippen LogP contribution is 2.44. The van der Waals surface area contributed by atoms with Crippen LogP contribution in [0.15, 0.2) is 41.8 Å². The zero-order valence-electron chi connectivity index (χ0n) is 16.5. The number of carboxylic acids is 1. The molecule has 12 heteroatoms. The maximum Gasteiger partial charge on any atom is 0.313 e. The molecule has 3 unspecified atom stereocenters. The second kappa shape index (κ2) is 8.52. The molecule has 3 heterocycles. The lowest BCUT2D eigenvalue weighted by Crippen LogP contribution is -2.74. The number of amides is 2. The van der Waals surface area contributed by atoms with E-state index >= 15 is 0 Å². The van der Waals surface area contributed by atoms with Gasteiger partial charge in [-0.05, 0) is 5.56 Å². The number of aromatic nitrogens is 3. The topological polar surface area (TPSA) is 138 Å². The van der Waals surface area contributed by atoms with Crippen molar-refractivity contribution in [3.63, 3.8) is 0 Å². The Morgan fingerprint density at radius 1 is 1.39 bits per heavy atom. The largest absolute Gasteiger partial charge is 0.481 e. The van der Waals surface area contributed by atoms with Gasteiger partial charge in [0.1, 0.15) is 23.2 Å². The zero-order valence-corrected chi connectivity index (χ0v) is 18.2.